The van der Waals surface area contributed by atoms with Crippen LogP contribution in [0.1, 0.15) is 24.7 Å². The van der Waals surface area contributed by atoms with Crippen molar-refractivity contribution in [1.82, 2.24) is 19.3 Å². The number of fused-ring (bicyclic) bond motifs is 1. The van der Waals surface area contributed by atoms with E-state index in [2.05, 4.69) is 14.7 Å². The van der Waals surface area contributed by atoms with Crippen LogP contribution in [0, 0.1) is 0 Å². The Morgan fingerprint density at radius 1 is 1.24 bits per heavy atom. The minimum atomic E-state index is -3.62. The summed E-state index contributed by atoms with van der Waals surface area (Å²) < 4.78 is 34.8. The van der Waals surface area contributed by atoms with Crippen LogP contribution in [0.5, 0.6) is 5.75 Å². The van der Waals surface area contributed by atoms with Gasteiger partial charge in [-0.05, 0) is 49.2 Å². The van der Waals surface area contributed by atoms with Gasteiger partial charge in [0.2, 0.25) is 10.0 Å². The lowest BCUT2D eigenvalue weighted by Gasteiger charge is -2.09. The van der Waals surface area contributed by atoms with Gasteiger partial charge in [-0.2, -0.15) is 0 Å². The Morgan fingerprint density at radius 2 is 2.00 bits per heavy atom. The number of nitrogens with one attached hydrogen (secondary N) is 1. The fourth-order valence-corrected chi connectivity index (χ4v) is 3.80. The first-order valence-electron chi connectivity index (χ1n) is 8.04. The normalized spacial score (nSPS) is 14.8. The van der Waals surface area contributed by atoms with Crippen LogP contribution in [-0.2, 0) is 16.6 Å². The molecule has 130 valence electrons. The molecule has 0 radical (unpaired) electrons. The molecule has 0 amide bonds. The molecule has 0 spiro atoms. The number of hydrogen-bond donors (Lipinski definition) is 1. The zero-order valence-electron chi connectivity index (χ0n) is 13.7. The molecule has 0 unspecified atom stereocenters. The second-order valence-corrected chi connectivity index (χ2v) is 7.74. The number of imidazole rings is 1. The van der Waals surface area contributed by atoms with E-state index in [-0.39, 0.29) is 11.4 Å². The summed E-state index contributed by atoms with van der Waals surface area (Å²) in [7, 11) is -2.08. The molecule has 8 heteroatoms. The van der Waals surface area contributed by atoms with Crippen LogP contribution < -0.4 is 9.46 Å². The van der Waals surface area contributed by atoms with Crippen molar-refractivity contribution in [2.45, 2.75) is 30.3 Å². The third kappa shape index (κ3) is 3.10. The maximum atomic E-state index is 12.5. The molecule has 0 bridgehead atoms. The number of ether oxygens (including phenoxy) is 1. The van der Waals surface area contributed by atoms with Gasteiger partial charge in [0.25, 0.3) is 0 Å². The van der Waals surface area contributed by atoms with E-state index in [0.29, 0.717) is 17.6 Å². The Hall–Kier alpha value is -2.45. The van der Waals surface area contributed by atoms with Gasteiger partial charge in [0.1, 0.15) is 17.1 Å². The number of methoxy groups -OCH3 is 1. The third-order valence-corrected chi connectivity index (χ3v) is 5.64. The number of nitrogens with zero attached hydrogens (tertiary/aromatic N) is 3. The van der Waals surface area contributed by atoms with E-state index >= 15 is 0 Å². The van der Waals surface area contributed by atoms with Crippen molar-refractivity contribution in [3.63, 3.8) is 0 Å². The highest BCUT2D eigenvalue weighted by Crippen LogP contribution is 2.38. The zero-order valence-corrected chi connectivity index (χ0v) is 14.5. The van der Waals surface area contributed by atoms with Gasteiger partial charge in [0.15, 0.2) is 5.65 Å². The van der Waals surface area contributed by atoms with Crippen molar-refractivity contribution in [1.29, 1.82) is 0 Å². The number of benzene rings is 1. The quantitative estimate of drug-likeness (QED) is 0.730. The second kappa shape index (κ2) is 6.12. The molecule has 7 nitrogen and oxygen atoms in total. The maximum Gasteiger partial charge on any atom is 0.240 e. The maximum absolute atomic E-state index is 12.5. The van der Waals surface area contributed by atoms with Crippen molar-refractivity contribution < 1.29 is 13.2 Å². The van der Waals surface area contributed by atoms with E-state index in [1.165, 1.54) is 19.2 Å². The number of rotatable bonds is 6. The van der Waals surface area contributed by atoms with Gasteiger partial charge in [0.05, 0.1) is 18.6 Å². The third-order valence-electron chi connectivity index (χ3n) is 4.22. The Kier molecular flexibility index (Phi) is 3.93. The lowest BCUT2D eigenvalue weighted by Crippen LogP contribution is -2.25. The molecule has 2 heterocycles. The predicted molar refractivity (Wildman–Crippen MR) is 92.8 cm³/mol. The minimum absolute atomic E-state index is 0.126. The van der Waals surface area contributed by atoms with Crippen LogP contribution in [0.15, 0.2) is 47.5 Å². The highest BCUT2D eigenvalue weighted by Gasteiger charge is 2.29. The number of pyridine rings is 1. The summed E-state index contributed by atoms with van der Waals surface area (Å²) in [6.07, 6.45) is 3.87. The van der Waals surface area contributed by atoms with Crippen molar-refractivity contribution >= 4 is 21.2 Å². The number of hydrogen-bond acceptors (Lipinski definition) is 5. The summed E-state index contributed by atoms with van der Waals surface area (Å²) in [5.74, 6) is 1.30. The Labute approximate surface area is 145 Å². The number of aromatic nitrogens is 3. The topological polar surface area (TPSA) is 86.1 Å². The molecule has 0 aliphatic heterocycles. The standard InChI is InChI=1S/C17H18N4O3S/c1-24-13-6-8-14(9-7-13)25(22,23)19-11-16-20-15-3-2-10-18-17(15)21(16)12-4-5-12/h2-3,6-10,12,19H,4-5,11H2,1H3. The largest absolute Gasteiger partial charge is 0.497 e. The molecule has 1 aliphatic rings. The predicted octanol–water partition coefficient (Wildman–Crippen LogP) is 2.25. The van der Waals surface area contributed by atoms with Crippen LogP contribution in [0.2, 0.25) is 0 Å². The van der Waals surface area contributed by atoms with Gasteiger partial charge < -0.3 is 9.30 Å². The first-order chi connectivity index (χ1) is 12.1. The molecule has 3 aromatic rings. The van der Waals surface area contributed by atoms with E-state index in [1.54, 1.807) is 18.3 Å². The summed E-state index contributed by atoms with van der Waals surface area (Å²) in [4.78, 5) is 9.14. The molecule has 1 saturated carbocycles. The fourth-order valence-electron chi connectivity index (χ4n) is 2.82. The molecule has 0 atom stereocenters. The summed E-state index contributed by atoms with van der Waals surface area (Å²) in [5.41, 5.74) is 1.59. The second-order valence-electron chi connectivity index (χ2n) is 5.98. The van der Waals surface area contributed by atoms with Gasteiger partial charge in [-0.25, -0.2) is 23.1 Å². The van der Waals surface area contributed by atoms with Crippen LogP contribution in [0.4, 0.5) is 0 Å². The molecule has 1 fully saturated rings. The average molecular weight is 358 g/mol. The van der Waals surface area contributed by atoms with Gasteiger partial charge in [-0.3, -0.25) is 0 Å². The highest BCUT2D eigenvalue weighted by atomic mass is 32.2. The molecular formula is C17H18N4O3S. The van der Waals surface area contributed by atoms with Gasteiger partial charge >= 0.3 is 0 Å². The SMILES string of the molecule is COc1ccc(S(=O)(=O)NCc2nc3cccnc3n2C2CC2)cc1. The summed E-state index contributed by atoms with van der Waals surface area (Å²) in [6, 6.07) is 10.4. The highest BCUT2D eigenvalue weighted by molar-refractivity contribution is 7.89. The number of sulfonamides is 1. The molecule has 1 N–H and O–H groups in total. The lowest BCUT2D eigenvalue weighted by molar-refractivity contribution is 0.414. The minimum Gasteiger partial charge on any atom is -0.497 e. The van der Waals surface area contributed by atoms with Crippen LogP contribution >= 0.6 is 0 Å². The molecule has 2 aromatic heterocycles. The first-order valence-corrected chi connectivity index (χ1v) is 9.52. The van der Waals surface area contributed by atoms with E-state index in [4.69, 9.17) is 4.74 Å². The Balaban J connectivity index is 1.60. The van der Waals surface area contributed by atoms with Crippen molar-refractivity contribution in [3.8, 4) is 5.75 Å². The van der Waals surface area contributed by atoms with Gasteiger partial charge in [-0.1, -0.05) is 0 Å². The molecular weight excluding hydrogens is 340 g/mol. The van der Waals surface area contributed by atoms with Crippen molar-refractivity contribution in [2.75, 3.05) is 7.11 Å². The fraction of sp³-hybridized carbons (Fsp3) is 0.294. The van der Waals surface area contributed by atoms with Crippen molar-refractivity contribution in [3.05, 3.63) is 48.4 Å². The molecule has 1 aliphatic carbocycles. The lowest BCUT2D eigenvalue weighted by atomic mass is 10.3. The van der Waals surface area contributed by atoms with Crippen LogP contribution in [0.3, 0.4) is 0 Å². The Bertz CT molecular complexity index is 1010. The Morgan fingerprint density at radius 3 is 2.68 bits per heavy atom. The molecule has 0 saturated heterocycles. The molecule has 4 rings (SSSR count). The first kappa shape index (κ1) is 16.0. The average Bonchev–Trinajstić information content (AvgIpc) is 3.40. The molecule has 25 heavy (non-hydrogen) atoms. The zero-order chi connectivity index (χ0) is 17.4. The van der Waals surface area contributed by atoms with Crippen LogP contribution in [-0.4, -0.2) is 30.1 Å². The van der Waals surface area contributed by atoms with Gasteiger partial charge in [0, 0.05) is 12.2 Å². The van der Waals surface area contributed by atoms with Crippen LogP contribution in [0.25, 0.3) is 11.2 Å². The van der Waals surface area contributed by atoms with E-state index < -0.39 is 10.0 Å². The summed E-state index contributed by atoms with van der Waals surface area (Å²) in [5, 5.41) is 0. The monoisotopic (exact) mass is 358 g/mol. The van der Waals surface area contributed by atoms with Crippen molar-refractivity contribution in [2.24, 2.45) is 0 Å². The molecule has 1 aromatic carbocycles. The van der Waals surface area contributed by atoms with Gasteiger partial charge in [-0.15, -0.1) is 0 Å². The smallest absolute Gasteiger partial charge is 0.240 e. The summed E-state index contributed by atoms with van der Waals surface area (Å²) >= 11 is 0. The van der Waals surface area contributed by atoms with E-state index in [9.17, 15) is 8.42 Å². The van der Waals surface area contributed by atoms with E-state index in [0.717, 1.165) is 24.0 Å². The van der Waals surface area contributed by atoms with E-state index in [1.807, 2.05) is 16.7 Å². The summed E-state index contributed by atoms with van der Waals surface area (Å²) in [6.45, 7) is 0.126.